The summed E-state index contributed by atoms with van der Waals surface area (Å²) in [5, 5.41) is 17.4. The van der Waals surface area contributed by atoms with Crippen LogP contribution in [0.15, 0.2) is 22.4 Å². The predicted octanol–water partition coefficient (Wildman–Crippen LogP) is -0.314. The minimum Gasteiger partial charge on any atom is -0.391 e. The summed E-state index contributed by atoms with van der Waals surface area (Å²) in [5.74, 6) is 0.835. The fourth-order valence-electron chi connectivity index (χ4n) is 2.43. The molecule has 0 saturated carbocycles. The number of hydrogen-bond acceptors (Lipinski definition) is 7. The molecule has 0 aliphatic carbocycles. The minimum absolute atomic E-state index is 0.0666. The number of fused-ring (bicyclic) bond motifs is 1. The van der Waals surface area contributed by atoms with Crippen molar-refractivity contribution in [3.05, 3.63) is 33.7 Å². The van der Waals surface area contributed by atoms with Crippen LogP contribution in [-0.4, -0.2) is 51.9 Å². The van der Waals surface area contributed by atoms with Crippen LogP contribution < -0.4 is 16.2 Å². The number of thiazole rings is 1. The molecule has 9 heteroatoms. The minimum atomic E-state index is -0.391. The Kier molecular flexibility index (Phi) is 5.31. The number of nitrogens with zero attached hydrogens (tertiary/aromatic N) is 2. The van der Waals surface area contributed by atoms with Gasteiger partial charge in [0, 0.05) is 48.9 Å². The van der Waals surface area contributed by atoms with Gasteiger partial charge >= 0.3 is 0 Å². The Labute approximate surface area is 141 Å². The van der Waals surface area contributed by atoms with Crippen molar-refractivity contribution in [2.45, 2.75) is 11.9 Å². The zero-order valence-corrected chi connectivity index (χ0v) is 14.0. The second-order valence-corrected chi connectivity index (χ2v) is 7.28. The molecule has 1 amide bonds. The quantitative estimate of drug-likeness (QED) is 0.658. The predicted molar refractivity (Wildman–Crippen MR) is 90.9 cm³/mol. The number of hydrogen-bond donors (Lipinski definition) is 3. The van der Waals surface area contributed by atoms with Crippen LogP contribution in [0, 0.1) is 5.92 Å². The number of aliphatic hydroxyl groups excluding tert-OH is 1. The third-order valence-corrected chi connectivity index (χ3v) is 5.43. The van der Waals surface area contributed by atoms with Gasteiger partial charge in [-0.2, -0.15) is 0 Å². The van der Waals surface area contributed by atoms with Crippen molar-refractivity contribution in [3.8, 4) is 0 Å². The van der Waals surface area contributed by atoms with Crippen molar-refractivity contribution in [2.75, 3.05) is 25.4 Å². The molecule has 2 aromatic heterocycles. The summed E-state index contributed by atoms with van der Waals surface area (Å²) in [4.78, 5) is 28.7. The number of amides is 1. The standard InChI is InChI=1S/C14H18N4O3S2/c19-11-6-15-4-9(11)5-16-12(20)8-22-7-10-3-13(21)18-1-2-23-14(18)17-10/h1-3,9,11,15,19H,4-8H2,(H,16,20). The zero-order chi connectivity index (χ0) is 16.2. The highest BCUT2D eigenvalue weighted by Crippen LogP contribution is 2.12. The third kappa shape index (κ3) is 4.11. The van der Waals surface area contributed by atoms with Crippen LogP contribution in [0.2, 0.25) is 0 Å². The van der Waals surface area contributed by atoms with E-state index in [4.69, 9.17) is 0 Å². The average Bonchev–Trinajstić information content (AvgIpc) is 3.14. The second kappa shape index (κ2) is 7.43. The van der Waals surface area contributed by atoms with E-state index in [9.17, 15) is 14.7 Å². The number of carbonyl (C=O) groups is 1. The highest BCUT2D eigenvalue weighted by molar-refractivity contribution is 7.99. The van der Waals surface area contributed by atoms with Gasteiger partial charge in [-0.3, -0.25) is 14.0 Å². The van der Waals surface area contributed by atoms with Crippen LogP contribution in [0.3, 0.4) is 0 Å². The van der Waals surface area contributed by atoms with E-state index in [1.165, 1.54) is 33.6 Å². The van der Waals surface area contributed by atoms with Crippen LogP contribution in [0.4, 0.5) is 0 Å². The van der Waals surface area contributed by atoms with Crippen molar-refractivity contribution < 1.29 is 9.90 Å². The van der Waals surface area contributed by atoms with Gasteiger partial charge in [0.15, 0.2) is 4.96 Å². The van der Waals surface area contributed by atoms with Crippen molar-refractivity contribution in [1.82, 2.24) is 20.0 Å². The Morgan fingerprint density at radius 1 is 1.57 bits per heavy atom. The molecule has 0 aromatic carbocycles. The number of aliphatic hydroxyl groups is 1. The molecule has 1 aliphatic rings. The molecule has 7 nitrogen and oxygen atoms in total. The first-order valence-corrected chi connectivity index (χ1v) is 9.36. The van der Waals surface area contributed by atoms with Gasteiger partial charge in [0.25, 0.3) is 5.56 Å². The Morgan fingerprint density at radius 2 is 2.43 bits per heavy atom. The second-order valence-electron chi connectivity index (χ2n) is 5.42. The van der Waals surface area contributed by atoms with Crippen LogP contribution in [0.25, 0.3) is 4.96 Å². The van der Waals surface area contributed by atoms with Crippen LogP contribution in [-0.2, 0) is 10.5 Å². The molecule has 0 spiro atoms. The summed E-state index contributed by atoms with van der Waals surface area (Å²) in [6.07, 6.45) is 1.31. The summed E-state index contributed by atoms with van der Waals surface area (Å²) < 4.78 is 1.51. The maximum atomic E-state index is 11.8. The maximum Gasteiger partial charge on any atom is 0.258 e. The summed E-state index contributed by atoms with van der Waals surface area (Å²) in [6.45, 7) is 1.79. The molecule has 0 radical (unpaired) electrons. The van der Waals surface area contributed by atoms with E-state index in [2.05, 4.69) is 15.6 Å². The number of nitrogens with one attached hydrogen (secondary N) is 2. The lowest BCUT2D eigenvalue weighted by atomic mass is 10.1. The number of carbonyl (C=O) groups excluding carboxylic acids is 1. The average molecular weight is 354 g/mol. The fourth-order valence-corrected chi connectivity index (χ4v) is 3.92. The number of aromatic nitrogens is 2. The van der Waals surface area contributed by atoms with E-state index in [1.54, 1.807) is 6.20 Å². The smallest absolute Gasteiger partial charge is 0.258 e. The Hall–Kier alpha value is -1.42. The van der Waals surface area contributed by atoms with Gasteiger partial charge in [0.05, 0.1) is 17.6 Å². The summed E-state index contributed by atoms with van der Waals surface area (Å²) >= 11 is 2.83. The number of thioether (sulfide) groups is 1. The lowest BCUT2D eigenvalue weighted by molar-refractivity contribution is -0.118. The fraction of sp³-hybridized carbons (Fsp3) is 0.500. The van der Waals surface area contributed by atoms with Gasteiger partial charge in [0.1, 0.15) is 0 Å². The van der Waals surface area contributed by atoms with Gasteiger partial charge in [-0.1, -0.05) is 0 Å². The van der Waals surface area contributed by atoms with Gasteiger partial charge in [-0.25, -0.2) is 4.98 Å². The summed E-state index contributed by atoms with van der Waals surface area (Å²) in [6, 6.07) is 1.51. The molecule has 1 fully saturated rings. The van der Waals surface area contributed by atoms with Gasteiger partial charge in [-0.15, -0.1) is 23.1 Å². The molecule has 3 rings (SSSR count). The van der Waals surface area contributed by atoms with Gasteiger partial charge in [0.2, 0.25) is 5.91 Å². The molecule has 2 unspecified atom stereocenters. The van der Waals surface area contributed by atoms with Gasteiger partial charge in [-0.05, 0) is 0 Å². The topological polar surface area (TPSA) is 95.7 Å². The summed E-state index contributed by atoms with van der Waals surface area (Å²) in [5.41, 5.74) is 0.588. The van der Waals surface area contributed by atoms with Crippen LogP contribution in [0.5, 0.6) is 0 Å². The first-order chi connectivity index (χ1) is 11.1. The number of β-amino-alcohol motifs (C(OH)–C–C–N with tert-alkyl or cyclic N) is 1. The molecular formula is C14H18N4O3S2. The molecule has 3 heterocycles. The molecule has 23 heavy (non-hydrogen) atoms. The Morgan fingerprint density at radius 3 is 3.22 bits per heavy atom. The molecule has 2 aromatic rings. The van der Waals surface area contributed by atoms with Crippen molar-refractivity contribution in [1.29, 1.82) is 0 Å². The molecular weight excluding hydrogens is 336 g/mol. The zero-order valence-electron chi connectivity index (χ0n) is 12.4. The molecule has 3 N–H and O–H groups in total. The van der Waals surface area contributed by atoms with Crippen LogP contribution in [0.1, 0.15) is 5.69 Å². The monoisotopic (exact) mass is 354 g/mol. The molecule has 1 saturated heterocycles. The largest absolute Gasteiger partial charge is 0.391 e. The van der Waals surface area contributed by atoms with E-state index in [0.717, 1.165) is 6.54 Å². The Bertz CT molecular complexity index is 745. The molecule has 2 atom stereocenters. The lowest BCUT2D eigenvalue weighted by Crippen LogP contribution is -2.35. The lowest BCUT2D eigenvalue weighted by Gasteiger charge is -2.13. The van der Waals surface area contributed by atoms with E-state index < -0.39 is 6.10 Å². The molecule has 0 bridgehead atoms. The van der Waals surface area contributed by atoms with Crippen molar-refractivity contribution >= 4 is 34.0 Å². The van der Waals surface area contributed by atoms with Crippen molar-refractivity contribution in [3.63, 3.8) is 0 Å². The van der Waals surface area contributed by atoms with Crippen LogP contribution >= 0.6 is 23.1 Å². The third-order valence-electron chi connectivity index (χ3n) is 3.70. The molecule has 1 aliphatic heterocycles. The first-order valence-electron chi connectivity index (χ1n) is 7.32. The normalized spacial score (nSPS) is 20.9. The SMILES string of the molecule is O=C(CSCc1cc(=O)n2ccsc2n1)NCC1CNCC1O. The van der Waals surface area contributed by atoms with E-state index in [1.807, 2.05) is 5.38 Å². The van der Waals surface area contributed by atoms with E-state index in [0.29, 0.717) is 35.3 Å². The first kappa shape index (κ1) is 16.4. The van der Waals surface area contributed by atoms with Gasteiger partial charge < -0.3 is 15.7 Å². The maximum absolute atomic E-state index is 11.8. The molecule has 124 valence electrons. The Balaban J connectivity index is 1.44. The highest BCUT2D eigenvalue weighted by Gasteiger charge is 2.24. The van der Waals surface area contributed by atoms with Crippen molar-refractivity contribution in [2.24, 2.45) is 5.92 Å². The van der Waals surface area contributed by atoms with E-state index in [-0.39, 0.29) is 17.4 Å². The number of rotatable bonds is 6. The summed E-state index contributed by atoms with van der Waals surface area (Å²) in [7, 11) is 0. The van der Waals surface area contributed by atoms with E-state index >= 15 is 0 Å². The highest BCUT2D eigenvalue weighted by atomic mass is 32.2.